The lowest BCUT2D eigenvalue weighted by molar-refractivity contribution is -0.139. The summed E-state index contributed by atoms with van der Waals surface area (Å²) in [5, 5.41) is 3.81. The van der Waals surface area contributed by atoms with Crippen LogP contribution in [0.15, 0.2) is 30.3 Å². The van der Waals surface area contributed by atoms with Gasteiger partial charge in [-0.3, -0.25) is 4.79 Å². The molecular weight excluding hydrogens is 246 g/mol. The van der Waals surface area contributed by atoms with Crippen molar-refractivity contribution in [2.45, 2.75) is 58.0 Å². The van der Waals surface area contributed by atoms with E-state index in [0.717, 1.165) is 38.6 Å². The van der Waals surface area contributed by atoms with Crippen LogP contribution < -0.4 is 5.32 Å². The summed E-state index contributed by atoms with van der Waals surface area (Å²) in [5.74, 6) is 0.937. The van der Waals surface area contributed by atoms with Crippen LogP contribution in [0.1, 0.15) is 51.5 Å². The van der Waals surface area contributed by atoms with Crippen molar-refractivity contribution in [3.63, 3.8) is 0 Å². The first-order chi connectivity index (χ1) is 9.56. The summed E-state index contributed by atoms with van der Waals surface area (Å²) in [6.45, 7) is 5.02. The third kappa shape index (κ3) is 2.20. The second-order valence-corrected chi connectivity index (χ2v) is 6.94. The Balaban J connectivity index is 1.69. The van der Waals surface area contributed by atoms with Crippen molar-refractivity contribution in [1.29, 1.82) is 0 Å². The molecule has 1 atom stereocenters. The standard InChI is InChI=1S/C18H25NO/c1-14-12-17(19-13-16-6-4-3-5-7-16)8-10-18(14,11-9-17)15(2)20/h3-7,14,19H,8-13H2,1-2H3. The summed E-state index contributed by atoms with van der Waals surface area (Å²) in [7, 11) is 0. The lowest BCUT2D eigenvalue weighted by Crippen LogP contribution is -2.59. The molecule has 1 unspecified atom stereocenters. The number of carbonyl (C=O) groups excluding carboxylic acids is 1. The van der Waals surface area contributed by atoms with E-state index in [1.807, 2.05) is 0 Å². The first-order valence-electron chi connectivity index (χ1n) is 7.86. The highest BCUT2D eigenvalue weighted by Gasteiger charge is 2.54. The van der Waals surface area contributed by atoms with Gasteiger partial charge in [0, 0.05) is 17.5 Å². The normalized spacial score (nSPS) is 36.0. The summed E-state index contributed by atoms with van der Waals surface area (Å²) >= 11 is 0. The topological polar surface area (TPSA) is 29.1 Å². The van der Waals surface area contributed by atoms with Gasteiger partial charge in [-0.2, -0.15) is 0 Å². The molecule has 0 spiro atoms. The van der Waals surface area contributed by atoms with E-state index < -0.39 is 0 Å². The lowest BCUT2D eigenvalue weighted by Gasteiger charge is -2.56. The van der Waals surface area contributed by atoms with Crippen LogP contribution in [0.2, 0.25) is 0 Å². The molecule has 20 heavy (non-hydrogen) atoms. The average Bonchev–Trinajstić information content (AvgIpc) is 2.47. The van der Waals surface area contributed by atoms with Crippen LogP contribution in [0.25, 0.3) is 0 Å². The first-order valence-corrected chi connectivity index (χ1v) is 7.86. The Morgan fingerprint density at radius 1 is 1.20 bits per heavy atom. The fourth-order valence-corrected chi connectivity index (χ4v) is 4.49. The van der Waals surface area contributed by atoms with Gasteiger partial charge in [-0.1, -0.05) is 37.3 Å². The molecule has 2 bridgehead atoms. The molecule has 0 aromatic heterocycles. The molecule has 1 aromatic carbocycles. The minimum atomic E-state index is -0.00379. The maximum absolute atomic E-state index is 12.1. The molecule has 2 heteroatoms. The Kier molecular flexibility index (Phi) is 3.45. The van der Waals surface area contributed by atoms with Gasteiger partial charge in [0.2, 0.25) is 0 Å². The number of Topliss-reactive ketones (excluding diaryl/α,β-unsaturated/α-hetero) is 1. The second kappa shape index (κ2) is 5.00. The van der Waals surface area contributed by atoms with Crippen LogP contribution in [-0.2, 0) is 11.3 Å². The number of carbonyl (C=O) groups is 1. The highest BCUT2D eigenvalue weighted by Crippen LogP contribution is 2.55. The SMILES string of the molecule is CC(=O)C12CCC(NCc3ccccc3)(CC1)CC2C. The first kappa shape index (κ1) is 13.8. The Bertz CT molecular complexity index is 485. The van der Waals surface area contributed by atoms with Gasteiger partial charge in [-0.15, -0.1) is 0 Å². The summed E-state index contributed by atoms with van der Waals surface area (Å²) in [6.07, 6.45) is 5.61. The Morgan fingerprint density at radius 3 is 2.40 bits per heavy atom. The fourth-order valence-electron chi connectivity index (χ4n) is 4.49. The van der Waals surface area contributed by atoms with Gasteiger partial charge in [-0.05, 0) is 50.5 Å². The summed E-state index contributed by atoms with van der Waals surface area (Å²) < 4.78 is 0. The Morgan fingerprint density at radius 2 is 1.85 bits per heavy atom. The van der Waals surface area contributed by atoms with Gasteiger partial charge in [-0.25, -0.2) is 0 Å². The molecule has 0 amide bonds. The van der Waals surface area contributed by atoms with Gasteiger partial charge < -0.3 is 5.32 Å². The van der Waals surface area contributed by atoms with E-state index >= 15 is 0 Å². The zero-order valence-electron chi connectivity index (χ0n) is 12.6. The summed E-state index contributed by atoms with van der Waals surface area (Å²) in [5.41, 5.74) is 1.62. The molecule has 4 rings (SSSR count). The molecule has 3 saturated carbocycles. The van der Waals surface area contributed by atoms with Gasteiger partial charge in [0.1, 0.15) is 5.78 Å². The third-order valence-electron chi connectivity index (χ3n) is 5.95. The predicted octanol–water partition coefficient (Wildman–Crippen LogP) is 3.70. The Labute approximate surface area is 122 Å². The molecule has 108 valence electrons. The minimum absolute atomic E-state index is 0.00379. The highest BCUT2D eigenvalue weighted by atomic mass is 16.1. The zero-order chi connectivity index (χ0) is 14.2. The number of nitrogens with one attached hydrogen (secondary N) is 1. The van der Waals surface area contributed by atoms with E-state index in [2.05, 4.69) is 42.6 Å². The molecule has 3 aliphatic carbocycles. The summed E-state index contributed by atoms with van der Waals surface area (Å²) in [4.78, 5) is 12.1. The van der Waals surface area contributed by atoms with Crippen LogP contribution in [-0.4, -0.2) is 11.3 Å². The van der Waals surface area contributed by atoms with Gasteiger partial charge in [0.25, 0.3) is 0 Å². The van der Waals surface area contributed by atoms with Gasteiger partial charge in [0.05, 0.1) is 0 Å². The van der Waals surface area contributed by atoms with E-state index in [1.54, 1.807) is 6.92 Å². The number of benzene rings is 1. The molecule has 1 aromatic rings. The molecule has 1 N–H and O–H groups in total. The van der Waals surface area contributed by atoms with Crippen molar-refractivity contribution in [2.75, 3.05) is 0 Å². The lowest BCUT2D eigenvalue weighted by atomic mass is 9.51. The highest BCUT2D eigenvalue weighted by molar-refractivity contribution is 5.83. The molecule has 0 radical (unpaired) electrons. The average molecular weight is 271 g/mol. The van der Waals surface area contributed by atoms with Crippen molar-refractivity contribution in [3.05, 3.63) is 35.9 Å². The van der Waals surface area contributed by atoms with Crippen LogP contribution in [0.3, 0.4) is 0 Å². The minimum Gasteiger partial charge on any atom is -0.307 e. The monoisotopic (exact) mass is 271 g/mol. The smallest absolute Gasteiger partial charge is 0.136 e. The number of hydrogen-bond donors (Lipinski definition) is 1. The number of ketones is 1. The largest absolute Gasteiger partial charge is 0.307 e. The molecule has 2 nitrogen and oxygen atoms in total. The van der Waals surface area contributed by atoms with Gasteiger partial charge >= 0.3 is 0 Å². The molecular formula is C18H25NO. The Hall–Kier alpha value is -1.15. The van der Waals surface area contributed by atoms with E-state index in [9.17, 15) is 4.79 Å². The zero-order valence-corrected chi connectivity index (χ0v) is 12.6. The van der Waals surface area contributed by atoms with E-state index in [1.165, 1.54) is 5.56 Å². The van der Waals surface area contributed by atoms with Crippen LogP contribution in [0, 0.1) is 11.3 Å². The predicted molar refractivity (Wildman–Crippen MR) is 81.4 cm³/mol. The van der Waals surface area contributed by atoms with Crippen molar-refractivity contribution < 1.29 is 4.79 Å². The van der Waals surface area contributed by atoms with Crippen LogP contribution >= 0.6 is 0 Å². The fraction of sp³-hybridized carbons (Fsp3) is 0.611. The molecule has 3 aliphatic rings. The van der Waals surface area contributed by atoms with E-state index in [-0.39, 0.29) is 11.0 Å². The van der Waals surface area contributed by atoms with Crippen molar-refractivity contribution in [3.8, 4) is 0 Å². The van der Waals surface area contributed by atoms with Crippen LogP contribution in [0.4, 0.5) is 0 Å². The molecule has 0 saturated heterocycles. The van der Waals surface area contributed by atoms with E-state index in [0.29, 0.717) is 11.7 Å². The number of fused-ring (bicyclic) bond motifs is 3. The molecule has 0 heterocycles. The van der Waals surface area contributed by atoms with Gasteiger partial charge in [0.15, 0.2) is 0 Å². The van der Waals surface area contributed by atoms with Crippen molar-refractivity contribution in [1.82, 2.24) is 5.32 Å². The maximum Gasteiger partial charge on any atom is 0.136 e. The van der Waals surface area contributed by atoms with E-state index in [4.69, 9.17) is 0 Å². The summed E-state index contributed by atoms with van der Waals surface area (Å²) in [6, 6.07) is 10.6. The van der Waals surface area contributed by atoms with Crippen LogP contribution in [0.5, 0.6) is 0 Å². The molecule has 0 aliphatic heterocycles. The molecule has 3 fully saturated rings. The van der Waals surface area contributed by atoms with Crippen molar-refractivity contribution >= 4 is 5.78 Å². The third-order valence-corrected chi connectivity index (χ3v) is 5.95. The second-order valence-electron chi connectivity index (χ2n) is 6.94. The quantitative estimate of drug-likeness (QED) is 0.904. The maximum atomic E-state index is 12.1. The van der Waals surface area contributed by atoms with Crippen molar-refractivity contribution in [2.24, 2.45) is 11.3 Å². The number of hydrogen-bond acceptors (Lipinski definition) is 2. The number of rotatable bonds is 4.